The van der Waals surface area contributed by atoms with E-state index < -0.39 is 24.7 Å². The van der Waals surface area contributed by atoms with E-state index in [4.69, 9.17) is 0 Å². The van der Waals surface area contributed by atoms with Crippen LogP contribution in [-0.4, -0.2) is 16.9 Å². The monoisotopic (exact) mass is 346 g/mol. The Morgan fingerprint density at radius 3 is 2.75 bits per heavy atom. The number of carbonyl (C=O) groups excluding carboxylic acids is 1. The van der Waals surface area contributed by atoms with Crippen molar-refractivity contribution in [2.24, 2.45) is 0 Å². The number of amides is 1. The molecule has 1 amide bonds. The van der Waals surface area contributed by atoms with Crippen LogP contribution in [0.15, 0.2) is 41.0 Å². The van der Waals surface area contributed by atoms with Crippen LogP contribution in [0, 0.1) is 5.82 Å². The zero-order valence-corrected chi connectivity index (χ0v) is 11.7. The summed E-state index contributed by atoms with van der Waals surface area (Å²) in [7, 11) is 0. The number of hydrogen-bond acceptors (Lipinski definition) is 1. The fourth-order valence-electron chi connectivity index (χ4n) is 1.70. The van der Waals surface area contributed by atoms with E-state index >= 15 is 0 Å². The van der Waals surface area contributed by atoms with E-state index in [0.29, 0.717) is 5.69 Å². The predicted molar refractivity (Wildman–Crippen MR) is 72.5 cm³/mol. The van der Waals surface area contributed by atoms with Gasteiger partial charge >= 0.3 is 0 Å². The maximum Gasteiger partial charge on any atom is 0.272 e. The topological polar surface area (TPSA) is 34.0 Å². The van der Waals surface area contributed by atoms with Crippen molar-refractivity contribution in [3.8, 4) is 0 Å². The molecule has 2 aromatic rings. The minimum Gasteiger partial charge on any atom is -0.338 e. The van der Waals surface area contributed by atoms with Gasteiger partial charge in [0.2, 0.25) is 0 Å². The summed E-state index contributed by atoms with van der Waals surface area (Å²) >= 11 is 3.00. The average molecular weight is 347 g/mol. The van der Waals surface area contributed by atoms with Crippen LogP contribution in [0.3, 0.4) is 0 Å². The molecule has 0 atom stereocenters. The van der Waals surface area contributed by atoms with Crippen molar-refractivity contribution < 1.29 is 18.0 Å². The summed E-state index contributed by atoms with van der Waals surface area (Å²) in [5.41, 5.74) is 0.485. The van der Waals surface area contributed by atoms with Crippen LogP contribution >= 0.6 is 15.9 Å². The lowest BCUT2D eigenvalue weighted by Crippen LogP contribution is -2.18. The van der Waals surface area contributed by atoms with Crippen LogP contribution in [0.5, 0.6) is 0 Å². The highest BCUT2D eigenvalue weighted by atomic mass is 79.9. The minimum atomic E-state index is -2.55. The molecule has 0 unspecified atom stereocenters. The van der Waals surface area contributed by atoms with Crippen LogP contribution in [0.25, 0.3) is 0 Å². The Bertz CT molecular complexity index is 628. The van der Waals surface area contributed by atoms with E-state index in [1.165, 1.54) is 41.1 Å². The van der Waals surface area contributed by atoms with Crippen LogP contribution in [0.4, 0.5) is 18.9 Å². The molecule has 0 aliphatic rings. The fourth-order valence-corrected chi connectivity index (χ4v) is 2.08. The SMILES string of the molecule is O=C(Nc1ccc(F)c(Br)c1)c1cccn1CC(F)F. The molecule has 0 bridgehead atoms. The number of anilines is 1. The van der Waals surface area contributed by atoms with Gasteiger partial charge in [-0.15, -0.1) is 0 Å². The normalized spacial score (nSPS) is 10.8. The van der Waals surface area contributed by atoms with Gasteiger partial charge in [0.15, 0.2) is 0 Å². The zero-order chi connectivity index (χ0) is 14.7. The van der Waals surface area contributed by atoms with E-state index in [2.05, 4.69) is 21.2 Å². The van der Waals surface area contributed by atoms with E-state index in [1.54, 1.807) is 0 Å². The molecule has 1 aromatic heterocycles. The van der Waals surface area contributed by atoms with E-state index in [-0.39, 0.29) is 10.2 Å². The lowest BCUT2D eigenvalue weighted by Gasteiger charge is -2.09. The van der Waals surface area contributed by atoms with E-state index in [9.17, 15) is 18.0 Å². The maximum atomic E-state index is 13.1. The fraction of sp³-hybridized carbons (Fsp3) is 0.154. The third-order valence-electron chi connectivity index (χ3n) is 2.57. The largest absolute Gasteiger partial charge is 0.338 e. The van der Waals surface area contributed by atoms with Crippen molar-refractivity contribution in [1.29, 1.82) is 0 Å². The zero-order valence-electron chi connectivity index (χ0n) is 10.1. The molecule has 0 radical (unpaired) electrons. The number of aromatic nitrogens is 1. The Kier molecular flexibility index (Phi) is 4.49. The first kappa shape index (κ1) is 14.6. The number of carbonyl (C=O) groups is 1. The number of alkyl halides is 2. The minimum absolute atomic E-state index is 0.116. The van der Waals surface area contributed by atoms with Crippen LogP contribution in [0.2, 0.25) is 0 Å². The molecule has 20 heavy (non-hydrogen) atoms. The molecular formula is C13H10BrF3N2O. The van der Waals surface area contributed by atoms with Crippen molar-refractivity contribution in [2.45, 2.75) is 13.0 Å². The van der Waals surface area contributed by atoms with Gasteiger partial charge in [0, 0.05) is 11.9 Å². The molecule has 0 spiro atoms. The first-order valence-electron chi connectivity index (χ1n) is 5.67. The van der Waals surface area contributed by atoms with Crippen molar-refractivity contribution in [3.05, 3.63) is 52.5 Å². The summed E-state index contributed by atoms with van der Waals surface area (Å²) in [5, 5.41) is 2.52. The Balaban J connectivity index is 2.15. The highest BCUT2D eigenvalue weighted by molar-refractivity contribution is 9.10. The number of benzene rings is 1. The predicted octanol–water partition coefficient (Wildman–Crippen LogP) is 3.91. The van der Waals surface area contributed by atoms with Gasteiger partial charge in [0.25, 0.3) is 12.3 Å². The molecule has 0 aliphatic carbocycles. The lowest BCUT2D eigenvalue weighted by molar-refractivity contribution is 0.0997. The molecule has 3 nitrogen and oxygen atoms in total. The van der Waals surface area contributed by atoms with Gasteiger partial charge in [0.1, 0.15) is 11.5 Å². The Morgan fingerprint density at radius 2 is 2.10 bits per heavy atom. The molecule has 7 heteroatoms. The summed E-state index contributed by atoms with van der Waals surface area (Å²) in [6, 6.07) is 6.93. The number of nitrogens with one attached hydrogen (secondary N) is 1. The molecule has 0 saturated carbocycles. The van der Waals surface area contributed by atoms with E-state index in [0.717, 1.165) is 0 Å². The highest BCUT2D eigenvalue weighted by Crippen LogP contribution is 2.20. The molecule has 2 rings (SSSR count). The molecule has 0 fully saturated rings. The van der Waals surface area contributed by atoms with Crippen molar-refractivity contribution in [1.82, 2.24) is 4.57 Å². The lowest BCUT2D eigenvalue weighted by atomic mass is 10.3. The summed E-state index contributed by atoms with van der Waals surface area (Å²) < 4.78 is 39.2. The van der Waals surface area contributed by atoms with Crippen LogP contribution in [-0.2, 0) is 6.54 Å². The smallest absolute Gasteiger partial charge is 0.272 e. The van der Waals surface area contributed by atoms with Crippen molar-refractivity contribution >= 4 is 27.5 Å². The van der Waals surface area contributed by atoms with E-state index in [1.807, 2.05) is 0 Å². The van der Waals surface area contributed by atoms with Gasteiger partial charge in [-0.3, -0.25) is 4.79 Å². The van der Waals surface area contributed by atoms with Gasteiger partial charge in [-0.25, -0.2) is 13.2 Å². The number of nitrogens with zero attached hydrogens (tertiary/aromatic N) is 1. The second-order valence-corrected chi connectivity index (χ2v) is 4.87. The average Bonchev–Trinajstić information content (AvgIpc) is 2.81. The molecule has 1 N–H and O–H groups in total. The highest BCUT2D eigenvalue weighted by Gasteiger charge is 2.14. The van der Waals surface area contributed by atoms with Gasteiger partial charge in [-0.1, -0.05) is 0 Å². The summed E-state index contributed by atoms with van der Waals surface area (Å²) in [4.78, 5) is 12.0. The Morgan fingerprint density at radius 1 is 1.35 bits per heavy atom. The van der Waals surface area contributed by atoms with Crippen molar-refractivity contribution in [2.75, 3.05) is 5.32 Å². The first-order valence-corrected chi connectivity index (χ1v) is 6.46. The first-order chi connectivity index (χ1) is 9.47. The molecule has 1 heterocycles. The number of halogens is 4. The Labute approximate surface area is 121 Å². The van der Waals surface area contributed by atoms with Crippen LogP contribution in [0.1, 0.15) is 10.5 Å². The molecule has 1 aromatic carbocycles. The summed E-state index contributed by atoms with van der Waals surface area (Å²) in [6.45, 7) is -0.553. The molecular weight excluding hydrogens is 337 g/mol. The standard InChI is InChI=1S/C13H10BrF3N2O/c14-9-6-8(3-4-10(9)15)18-13(20)11-2-1-5-19(11)7-12(16)17/h1-6,12H,7H2,(H,18,20). The number of rotatable bonds is 4. The third-order valence-corrected chi connectivity index (χ3v) is 3.18. The quantitative estimate of drug-likeness (QED) is 0.894. The van der Waals surface area contributed by atoms with Crippen molar-refractivity contribution in [3.63, 3.8) is 0 Å². The number of hydrogen-bond donors (Lipinski definition) is 1. The third kappa shape index (κ3) is 3.41. The molecule has 106 valence electrons. The Hall–Kier alpha value is -1.76. The van der Waals surface area contributed by atoms with Crippen LogP contribution < -0.4 is 5.32 Å². The van der Waals surface area contributed by atoms with Gasteiger partial charge < -0.3 is 9.88 Å². The van der Waals surface area contributed by atoms with Gasteiger partial charge in [0.05, 0.1) is 11.0 Å². The molecule has 0 saturated heterocycles. The maximum absolute atomic E-state index is 13.1. The molecule has 0 aliphatic heterocycles. The second-order valence-electron chi connectivity index (χ2n) is 4.02. The van der Waals surface area contributed by atoms with Gasteiger partial charge in [-0.05, 0) is 46.3 Å². The second kappa shape index (κ2) is 6.13. The summed E-state index contributed by atoms with van der Waals surface area (Å²) in [6.07, 6.45) is -1.14. The van der Waals surface area contributed by atoms with Gasteiger partial charge in [-0.2, -0.15) is 0 Å². The summed E-state index contributed by atoms with van der Waals surface area (Å²) in [5.74, 6) is -0.988.